The second-order valence-electron chi connectivity index (χ2n) is 9.96. The zero-order chi connectivity index (χ0) is 26.5. The van der Waals surface area contributed by atoms with Crippen LogP contribution in [-0.2, 0) is 0 Å². The van der Waals surface area contributed by atoms with Crippen LogP contribution in [0.4, 0.5) is 0 Å². The molecule has 0 saturated heterocycles. The number of thiophene rings is 1. The highest BCUT2D eigenvalue weighted by Gasteiger charge is 2.18. The Balaban J connectivity index is 1.37. The van der Waals surface area contributed by atoms with Crippen molar-refractivity contribution < 1.29 is 0 Å². The van der Waals surface area contributed by atoms with Crippen LogP contribution < -0.4 is 5.32 Å². The molecule has 190 valence electrons. The van der Waals surface area contributed by atoms with E-state index in [4.69, 9.17) is 4.98 Å². The zero-order valence-electron chi connectivity index (χ0n) is 21.6. The Morgan fingerprint density at radius 1 is 0.750 bits per heavy atom. The lowest BCUT2D eigenvalue weighted by Crippen LogP contribution is -2.08. The fourth-order valence-corrected chi connectivity index (χ4v) is 6.67. The molecular weight excluding hydrogens is 508 g/mol. The maximum Gasteiger partial charge on any atom is 0.138 e. The second kappa shape index (κ2) is 9.33. The van der Waals surface area contributed by atoms with Gasteiger partial charge in [-0.1, -0.05) is 54.6 Å². The number of aromatic nitrogens is 3. The van der Waals surface area contributed by atoms with Gasteiger partial charge in [-0.2, -0.15) is 0 Å². The first kappa shape index (κ1) is 22.9. The summed E-state index contributed by atoms with van der Waals surface area (Å²) in [6, 6.07) is 32.6. The van der Waals surface area contributed by atoms with E-state index in [0.29, 0.717) is 0 Å². The molecule has 0 spiro atoms. The highest BCUT2D eigenvalue weighted by molar-refractivity contribution is 7.18. The van der Waals surface area contributed by atoms with Gasteiger partial charge in [0.05, 0.1) is 16.7 Å². The van der Waals surface area contributed by atoms with Crippen molar-refractivity contribution in [3.8, 4) is 28.2 Å². The summed E-state index contributed by atoms with van der Waals surface area (Å²) in [7, 11) is 0. The average molecular weight is 533 g/mol. The van der Waals surface area contributed by atoms with E-state index >= 15 is 0 Å². The molecule has 0 fully saturated rings. The van der Waals surface area contributed by atoms with Crippen LogP contribution in [0, 0.1) is 0 Å². The largest absolute Gasteiger partial charge is 0.387 e. The van der Waals surface area contributed by atoms with Gasteiger partial charge >= 0.3 is 0 Å². The van der Waals surface area contributed by atoms with Crippen LogP contribution in [0.3, 0.4) is 0 Å². The van der Waals surface area contributed by atoms with E-state index in [-0.39, 0.29) is 0 Å². The maximum atomic E-state index is 5.24. The van der Waals surface area contributed by atoms with Crippen LogP contribution in [0.25, 0.3) is 65.7 Å². The summed E-state index contributed by atoms with van der Waals surface area (Å²) in [5.74, 6) is 0.902. The molecule has 0 amide bonds. The molecule has 5 heterocycles. The summed E-state index contributed by atoms with van der Waals surface area (Å²) in [6.45, 7) is 0.854. The van der Waals surface area contributed by atoms with Gasteiger partial charge in [0.2, 0.25) is 0 Å². The molecule has 0 aliphatic carbocycles. The lowest BCUT2D eigenvalue weighted by molar-refractivity contribution is 0.976. The molecule has 0 bridgehead atoms. The first-order chi connectivity index (χ1) is 19.8. The van der Waals surface area contributed by atoms with E-state index in [9.17, 15) is 0 Å². The fraction of sp³-hybridized carbons (Fsp3) is 0.0286. The second-order valence-corrected chi connectivity index (χ2v) is 10.9. The summed E-state index contributed by atoms with van der Waals surface area (Å²) in [5, 5.41) is 9.21. The van der Waals surface area contributed by atoms with Crippen LogP contribution in [0.1, 0.15) is 5.56 Å². The SMILES string of the molecule is C1=CC(c2ccc(-c3cc(-c4ccncc4)nc(-n4c5ccccc5c5c6sccc6ccc54)c3)cc2)=CCN1. The van der Waals surface area contributed by atoms with Crippen molar-refractivity contribution >= 4 is 48.8 Å². The lowest BCUT2D eigenvalue weighted by Gasteiger charge is -2.14. The maximum absolute atomic E-state index is 5.24. The standard InChI is InChI=1S/C35H24N4S/c1-2-4-31-29(3-1)34-32(10-9-27-15-20-40-35(27)34)39(31)33-22-28(21-30(38-33)26-13-18-37-19-14-26)24-7-5-23(6-8-24)25-11-16-36-17-12-25/h1-16,18-22,36H,17H2. The number of pyridine rings is 2. The number of allylic oxidation sites excluding steroid dienone is 2. The number of hydrogen-bond acceptors (Lipinski definition) is 4. The molecule has 4 nitrogen and oxygen atoms in total. The first-order valence-electron chi connectivity index (χ1n) is 13.4. The molecule has 4 aromatic heterocycles. The Bertz CT molecular complexity index is 2100. The normalized spacial score (nSPS) is 13.2. The average Bonchev–Trinajstić information content (AvgIpc) is 3.64. The summed E-state index contributed by atoms with van der Waals surface area (Å²) in [4.78, 5) is 9.48. The zero-order valence-corrected chi connectivity index (χ0v) is 22.4. The van der Waals surface area contributed by atoms with Gasteiger partial charge in [0.25, 0.3) is 0 Å². The number of fused-ring (bicyclic) bond motifs is 5. The van der Waals surface area contributed by atoms with E-state index < -0.39 is 0 Å². The molecular formula is C35H24N4S. The number of hydrogen-bond donors (Lipinski definition) is 1. The molecule has 0 unspecified atom stereocenters. The number of benzene rings is 3. The van der Waals surface area contributed by atoms with Crippen LogP contribution in [0.5, 0.6) is 0 Å². The molecule has 1 N–H and O–H groups in total. The summed E-state index contributed by atoms with van der Waals surface area (Å²) >= 11 is 1.80. The smallest absolute Gasteiger partial charge is 0.138 e. The number of dihydropyridines is 1. The Morgan fingerprint density at radius 2 is 1.60 bits per heavy atom. The molecule has 7 aromatic rings. The minimum Gasteiger partial charge on any atom is -0.387 e. The van der Waals surface area contributed by atoms with Crippen LogP contribution in [-0.4, -0.2) is 21.1 Å². The molecule has 8 rings (SSSR count). The van der Waals surface area contributed by atoms with Gasteiger partial charge in [0.1, 0.15) is 5.82 Å². The quantitative estimate of drug-likeness (QED) is 0.247. The fourth-order valence-electron chi connectivity index (χ4n) is 5.72. The van der Waals surface area contributed by atoms with E-state index in [1.807, 2.05) is 30.7 Å². The molecule has 0 saturated carbocycles. The van der Waals surface area contributed by atoms with Gasteiger partial charge in [-0.25, -0.2) is 4.98 Å². The molecule has 1 aliphatic rings. The minimum absolute atomic E-state index is 0.854. The van der Waals surface area contributed by atoms with Crippen molar-refractivity contribution in [1.29, 1.82) is 0 Å². The van der Waals surface area contributed by atoms with Crippen LogP contribution in [0.15, 0.2) is 127 Å². The summed E-state index contributed by atoms with van der Waals surface area (Å²) in [5.41, 5.74) is 9.03. The Morgan fingerprint density at radius 3 is 2.45 bits per heavy atom. The van der Waals surface area contributed by atoms with Gasteiger partial charge in [-0.05, 0) is 87.8 Å². The third-order valence-corrected chi connectivity index (χ3v) is 8.59. The summed E-state index contributed by atoms with van der Waals surface area (Å²) in [6.07, 6.45) is 10.00. The predicted molar refractivity (Wildman–Crippen MR) is 168 cm³/mol. The number of nitrogens with one attached hydrogen (secondary N) is 1. The van der Waals surface area contributed by atoms with Crippen molar-refractivity contribution in [3.63, 3.8) is 0 Å². The van der Waals surface area contributed by atoms with Crippen molar-refractivity contribution in [2.75, 3.05) is 6.54 Å². The van der Waals surface area contributed by atoms with Gasteiger partial charge in [0.15, 0.2) is 0 Å². The number of rotatable bonds is 4. The molecule has 40 heavy (non-hydrogen) atoms. The molecule has 5 heteroatoms. The van der Waals surface area contributed by atoms with Crippen LogP contribution in [0.2, 0.25) is 0 Å². The van der Waals surface area contributed by atoms with Crippen molar-refractivity contribution in [3.05, 3.63) is 133 Å². The molecule has 1 aliphatic heterocycles. The molecule has 3 aromatic carbocycles. The lowest BCUT2D eigenvalue weighted by atomic mass is 9.98. The van der Waals surface area contributed by atoms with Gasteiger partial charge < -0.3 is 5.32 Å². The monoisotopic (exact) mass is 532 g/mol. The third-order valence-electron chi connectivity index (χ3n) is 7.64. The topological polar surface area (TPSA) is 42.7 Å². The van der Waals surface area contributed by atoms with Crippen molar-refractivity contribution in [2.45, 2.75) is 0 Å². The highest BCUT2D eigenvalue weighted by Crippen LogP contribution is 2.39. The van der Waals surface area contributed by atoms with Gasteiger partial charge in [-0.3, -0.25) is 9.55 Å². The van der Waals surface area contributed by atoms with E-state index in [1.54, 1.807) is 11.3 Å². The third kappa shape index (κ3) is 3.74. The van der Waals surface area contributed by atoms with E-state index in [2.05, 4.69) is 111 Å². The van der Waals surface area contributed by atoms with E-state index in [0.717, 1.165) is 40.3 Å². The first-order valence-corrected chi connectivity index (χ1v) is 14.2. The highest BCUT2D eigenvalue weighted by atomic mass is 32.1. The van der Waals surface area contributed by atoms with Gasteiger partial charge in [-0.15, -0.1) is 11.3 Å². The Kier molecular flexibility index (Phi) is 5.35. The predicted octanol–water partition coefficient (Wildman–Crippen LogP) is 8.62. The number of para-hydroxylation sites is 1. The number of nitrogens with zero attached hydrogens (tertiary/aromatic N) is 3. The minimum atomic E-state index is 0.854. The van der Waals surface area contributed by atoms with E-state index in [1.165, 1.54) is 37.5 Å². The van der Waals surface area contributed by atoms with Crippen molar-refractivity contribution in [1.82, 2.24) is 19.9 Å². The molecule has 0 atom stereocenters. The molecule has 0 radical (unpaired) electrons. The van der Waals surface area contributed by atoms with Crippen LogP contribution >= 0.6 is 11.3 Å². The van der Waals surface area contributed by atoms with Gasteiger partial charge in [0, 0.05) is 40.0 Å². The Labute approximate surface area is 235 Å². The summed E-state index contributed by atoms with van der Waals surface area (Å²) < 4.78 is 3.63. The van der Waals surface area contributed by atoms with Crippen molar-refractivity contribution in [2.24, 2.45) is 0 Å². The Hall–Kier alpha value is -5.00.